The standard InChI is InChI=1S/C14H15NO5/c1-3-8-19-14(18)9(2)20-15-12(16)10-6-4-5-7-11(10)13(15)17/h4-7,9H,3,8H2,1-2H3. The molecule has 0 spiro atoms. The fourth-order valence-corrected chi connectivity index (χ4v) is 1.78. The van der Waals surface area contributed by atoms with Crippen LogP contribution >= 0.6 is 0 Å². The summed E-state index contributed by atoms with van der Waals surface area (Å²) in [6, 6.07) is 6.40. The molecule has 1 aliphatic rings. The highest BCUT2D eigenvalue weighted by Gasteiger charge is 2.38. The van der Waals surface area contributed by atoms with Gasteiger partial charge in [-0.2, -0.15) is 0 Å². The predicted octanol–water partition coefficient (Wildman–Crippen LogP) is 1.56. The van der Waals surface area contributed by atoms with Gasteiger partial charge in [-0.15, -0.1) is 5.06 Å². The van der Waals surface area contributed by atoms with Gasteiger partial charge in [0.25, 0.3) is 11.8 Å². The van der Waals surface area contributed by atoms with Gasteiger partial charge in [0.2, 0.25) is 0 Å². The van der Waals surface area contributed by atoms with Crippen LogP contribution in [0.3, 0.4) is 0 Å². The molecule has 1 aromatic carbocycles. The smallest absolute Gasteiger partial charge is 0.337 e. The third-order valence-corrected chi connectivity index (χ3v) is 2.80. The van der Waals surface area contributed by atoms with Crippen molar-refractivity contribution in [2.75, 3.05) is 6.61 Å². The van der Waals surface area contributed by atoms with Gasteiger partial charge in [-0.05, 0) is 25.5 Å². The van der Waals surface area contributed by atoms with Gasteiger partial charge in [0.1, 0.15) is 0 Å². The number of amides is 2. The molecule has 0 aliphatic carbocycles. The average Bonchev–Trinajstić information content (AvgIpc) is 2.70. The molecule has 0 aromatic heterocycles. The van der Waals surface area contributed by atoms with Gasteiger partial charge in [0, 0.05) is 0 Å². The molecule has 0 saturated heterocycles. The van der Waals surface area contributed by atoms with E-state index in [9.17, 15) is 14.4 Å². The molecule has 0 saturated carbocycles. The Kier molecular flexibility index (Phi) is 4.14. The first-order valence-electron chi connectivity index (χ1n) is 6.37. The monoisotopic (exact) mass is 277 g/mol. The van der Waals surface area contributed by atoms with Gasteiger partial charge in [-0.25, -0.2) is 9.63 Å². The number of imide groups is 1. The summed E-state index contributed by atoms with van der Waals surface area (Å²) in [5, 5.41) is 0.614. The summed E-state index contributed by atoms with van der Waals surface area (Å²) in [7, 11) is 0. The molecule has 1 aromatic rings. The lowest BCUT2D eigenvalue weighted by Crippen LogP contribution is -2.37. The van der Waals surface area contributed by atoms with Crippen molar-refractivity contribution in [1.82, 2.24) is 5.06 Å². The molecule has 0 N–H and O–H groups in total. The molecule has 106 valence electrons. The molecule has 6 nitrogen and oxygen atoms in total. The number of nitrogens with zero attached hydrogens (tertiary/aromatic N) is 1. The van der Waals surface area contributed by atoms with Crippen LogP contribution in [-0.4, -0.2) is 35.6 Å². The van der Waals surface area contributed by atoms with Gasteiger partial charge in [-0.3, -0.25) is 9.59 Å². The van der Waals surface area contributed by atoms with Crippen LogP contribution in [-0.2, 0) is 14.4 Å². The topological polar surface area (TPSA) is 72.9 Å². The van der Waals surface area contributed by atoms with E-state index in [4.69, 9.17) is 9.57 Å². The molecule has 20 heavy (non-hydrogen) atoms. The van der Waals surface area contributed by atoms with Crippen molar-refractivity contribution in [3.8, 4) is 0 Å². The number of carbonyl (C=O) groups excluding carboxylic acids is 3. The lowest BCUT2D eigenvalue weighted by Gasteiger charge is -2.18. The second-order valence-corrected chi connectivity index (χ2v) is 4.37. The fourth-order valence-electron chi connectivity index (χ4n) is 1.78. The Morgan fingerprint density at radius 3 is 2.25 bits per heavy atom. The summed E-state index contributed by atoms with van der Waals surface area (Å²) < 4.78 is 4.90. The van der Waals surface area contributed by atoms with Crippen LogP contribution in [0.4, 0.5) is 0 Å². The van der Waals surface area contributed by atoms with Gasteiger partial charge >= 0.3 is 5.97 Å². The Morgan fingerprint density at radius 1 is 1.20 bits per heavy atom. The maximum Gasteiger partial charge on any atom is 0.337 e. The van der Waals surface area contributed by atoms with Crippen molar-refractivity contribution in [3.63, 3.8) is 0 Å². The van der Waals surface area contributed by atoms with E-state index in [2.05, 4.69) is 0 Å². The van der Waals surface area contributed by atoms with E-state index in [-0.39, 0.29) is 17.7 Å². The molecule has 0 bridgehead atoms. The maximum atomic E-state index is 12.0. The zero-order valence-corrected chi connectivity index (χ0v) is 11.3. The van der Waals surface area contributed by atoms with Gasteiger partial charge < -0.3 is 4.74 Å². The van der Waals surface area contributed by atoms with Crippen LogP contribution in [0.25, 0.3) is 0 Å². The Balaban J connectivity index is 2.07. The maximum absolute atomic E-state index is 12.0. The van der Waals surface area contributed by atoms with Crippen LogP contribution in [0.2, 0.25) is 0 Å². The summed E-state index contributed by atoms with van der Waals surface area (Å²) in [4.78, 5) is 40.7. The number of carbonyl (C=O) groups is 3. The summed E-state index contributed by atoms with van der Waals surface area (Å²) in [6.45, 7) is 3.57. The molecule has 1 heterocycles. The second kappa shape index (κ2) is 5.83. The van der Waals surface area contributed by atoms with Crippen molar-refractivity contribution in [2.24, 2.45) is 0 Å². The van der Waals surface area contributed by atoms with E-state index in [1.807, 2.05) is 6.92 Å². The molecular weight excluding hydrogens is 262 g/mol. The zero-order valence-electron chi connectivity index (χ0n) is 11.3. The van der Waals surface area contributed by atoms with E-state index in [0.29, 0.717) is 11.5 Å². The Hall–Kier alpha value is -2.21. The van der Waals surface area contributed by atoms with Crippen molar-refractivity contribution in [1.29, 1.82) is 0 Å². The average molecular weight is 277 g/mol. The Morgan fingerprint density at radius 2 is 1.75 bits per heavy atom. The minimum atomic E-state index is -1.02. The number of esters is 1. The summed E-state index contributed by atoms with van der Waals surface area (Å²) in [5.74, 6) is -1.75. The number of rotatable bonds is 5. The summed E-state index contributed by atoms with van der Waals surface area (Å²) in [5.41, 5.74) is 0.540. The SMILES string of the molecule is CCCOC(=O)C(C)ON1C(=O)c2ccccc2C1=O. The van der Waals surface area contributed by atoms with Crippen LogP contribution in [0.1, 0.15) is 41.0 Å². The first-order chi connectivity index (χ1) is 9.56. The number of hydrogen-bond donors (Lipinski definition) is 0. The number of hydroxylamine groups is 2. The van der Waals surface area contributed by atoms with Crippen LogP contribution in [0, 0.1) is 0 Å². The zero-order chi connectivity index (χ0) is 14.7. The molecule has 1 aliphatic heterocycles. The van der Waals surface area contributed by atoms with E-state index in [0.717, 1.165) is 0 Å². The van der Waals surface area contributed by atoms with Gasteiger partial charge in [0.15, 0.2) is 6.10 Å². The lowest BCUT2D eigenvalue weighted by molar-refractivity contribution is -0.177. The number of ether oxygens (including phenoxy) is 1. The Bertz CT molecular complexity index is 519. The van der Waals surface area contributed by atoms with Crippen molar-refractivity contribution >= 4 is 17.8 Å². The van der Waals surface area contributed by atoms with E-state index >= 15 is 0 Å². The lowest BCUT2D eigenvalue weighted by atomic mass is 10.1. The highest BCUT2D eigenvalue weighted by Crippen LogP contribution is 2.23. The quantitative estimate of drug-likeness (QED) is 0.603. The highest BCUT2D eigenvalue weighted by molar-refractivity contribution is 6.20. The minimum Gasteiger partial charge on any atom is -0.464 e. The third kappa shape index (κ3) is 2.55. The molecule has 6 heteroatoms. The molecule has 2 rings (SSSR count). The van der Waals surface area contributed by atoms with Gasteiger partial charge in [0.05, 0.1) is 17.7 Å². The van der Waals surface area contributed by atoms with Crippen LogP contribution in [0.5, 0.6) is 0 Å². The summed E-state index contributed by atoms with van der Waals surface area (Å²) in [6.07, 6.45) is -0.338. The molecule has 1 unspecified atom stereocenters. The Labute approximate surface area is 116 Å². The van der Waals surface area contributed by atoms with Crippen LogP contribution < -0.4 is 0 Å². The molecule has 0 radical (unpaired) electrons. The van der Waals surface area contributed by atoms with Crippen molar-refractivity contribution in [3.05, 3.63) is 35.4 Å². The first-order valence-corrected chi connectivity index (χ1v) is 6.37. The predicted molar refractivity (Wildman–Crippen MR) is 68.7 cm³/mol. The molecule has 2 amide bonds. The van der Waals surface area contributed by atoms with E-state index in [1.165, 1.54) is 6.92 Å². The highest BCUT2D eigenvalue weighted by atomic mass is 16.7. The number of fused-ring (bicyclic) bond motifs is 1. The van der Waals surface area contributed by atoms with Crippen LogP contribution in [0.15, 0.2) is 24.3 Å². The van der Waals surface area contributed by atoms with E-state index in [1.54, 1.807) is 24.3 Å². The molecule has 0 fully saturated rings. The molecule has 1 atom stereocenters. The van der Waals surface area contributed by atoms with Crippen molar-refractivity contribution in [2.45, 2.75) is 26.4 Å². The minimum absolute atomic E-state index is 0.270. The van der Waals surface area contributed by atoms with Gasteiger partial charge in [-0.1, -0.05) is 19.1 Å². The number of hydrogen-bond acceptors (Lipinski definition) is 5. The summed E-state index contributed by atoms with van der Waals surface area (Å²) >= 11 is 0. The number of benzene rings is 1. The normalized spacial score (nSPS) is 15.2. The van der Waals surface area contributed by atoms with Crippen molar-refractivity contribution < 1.29 is 24.0 Å². The first kappa shape index (κ1) is 14.2. The second-order valence-electron chi connectivity index (χ2n) is 4.37. The largest absolute Gasteiger partial charge is 0.464 e. The third-order valence-electron chi connectivity index (χ3n) is 2.80. The molecular formula is C14H15NO5. The van der Waals surface area contributed by atoms with E-state index < -0.39 is 23.9 Å². The fraction of sp³-hybridized carbons (Fsp3) is 0.357.